The lowest BCUT2D eigenvalue weighted by Crippen LogP contribution is -2.48. The zero-order chi connectivity index (χ0) is 27.8. The van der Waals surface area contributed by atoms with Gasteiger partial charge in [-0.1, -0.05) is 38.1 Å². The van der Waals surface area contributed by atoms with Gasteiger partial charge in [-0.25, -0.2) is 8.42 Å². The van der Waals surface area contributed by atoms with Crippen molar-refractivity contribution in [2.24, 2.45) is 5.92 Å². The molecule has 0 saturated carbocycles. The molecule has 2 aromatic rings. The number of hydrogen-bond donors (Lipinski definition) is 1. The van der Waals surface area contributed by atoms with E-state index in [4.69, 9.17) is 4.74 Å². The molecule has 37 heavy (non-hydrogen) atoms. The quantitative estimate of drug-likeness (QED) is 0.421. The lowest BCUT2D eigenvalue weighted by atomic mass is 10.1. The van der Waals surface area contributed by atoms with E-state index in [1.165, 1.54) is 10.6 Å². The van der Waals surface area contributed by atoms with Crippen molar-refractivity contribution in [1.82, 2.24) is 10.2 Å². The minimum atomic E-state index is -3.55. The molecule has 0 unspecified atom stereocenters. The van der Waals surface area contributed by atoms with Gasteiger partial charge in [0.1, 0.15) is 11.8 Å². The maximum absolute atomic E-state index is 13.4. The highest BCUT2D eigenvalue weighted by Gasteiger charge is 2.27. The molecule has 8 nitrogen and oxygen atoms in total. The van der Waals surface area contributed by atoms with Crippen molar-refractivity contribution in [2.75, 3.05) is 30.8 Å². The molecule has 2 rings (SSSR count). The highest BCUT2D eigenvalue weighted by Crippen LogP contribution is 2.25. The van der Waals surface area contributed by atoms with E-state index < -0.39 is 16.1 Å². The summed E-state index contributed by atoms with van der Waals surface area (Å²) in [5.41, 5.74) is 3.33. The first-order valence-electron chi connectivity index (χ1n) is 12.6. The number of carbonyl (C=O) groups is 2. The molecule has 0 heterocycles. The third kappa shape index (κ3) is 8.77. The van der Waals surface area contributed by atoms with Gasteiger partial charge in [-0.05, 0) is 68.0 Å². The first-order chi connectivity index (χ1) is 17.3. The molecule has 2 amide bonds. The van der Waals surface area contributed by atoms with Gasteiger partial charge in [0.15, 0.2) is 0 Å². The van der Waals surface area contributed by atoms with Crippen molar-refractivity contribution in [3.8, 4) is 5.75 Å². The van der Waals surface area contributed by atoms with Crippen LogP contribution in [0.3, 0.4) is 0 Å². The molecular formula is C28H41N3O5S. The van der Waals surface area contributed by atoms with Crippen LogP contribution >= 0.6 is 0 Å². The summed E-state index contributed by atoms with van der Waals surface area (Å²) in [4.78, 5) is 27.8. The van der Waals surface area contributed by atoms with Crippen molar-refractivity contribution in [2.45, 2.75) is 60.0 Å². The Morgan fingerprint density at radius 3 is 2.35 bits per heavy atom. The Bertz CT molecular complexity index is 1180. The molecule has 0 saturated heterocycles. The molecule has 0 aliphatic rings. The van der Waals surface area contributed by atoms with Crippen LogP contribution in [0.4, 0.5) is 5.69 Å². The summed E-state index contributed by atoms with van der Waals surface area (Å²) < 4.78 is 31.9. The number of carbonyl (C=O) groups excluding carboxylic acids is 2. The Morgan fingerprint density at radius 2 is 1.73 bits per heavy atom. The average molecular weight is 532 g/mol. The number of aryl methyl sites for hydroxylation is 1. The number of benzene rings is 2. The molecule has 0 spiro atoms. The molecule has 1 atom stereocenters. The van der Waals surface area contributed by atoms with Crippen LogP contribution in [0.1, 0.15) is 50.3 Å². The summed E-state index contributed by atoms with van der Waals surface area (Å²) in [7, 11) is -1.97. The fraction of sp³-hybridized carbons (Fsp3) is 0.500. The number of ether oxygens (including phenoxy) is 1. The van der Waals surface area contributed by atoms with E-state index in [-0.39, 0.29) is 37.2 Å². The van der Waals surface area contributed by atoms with Gasteiger partial charge in [-0.2, -0.15) is 0 Å². The Hall–Kier alpha value is -3.07. The lowest BCUT2D eigenvalue weighted by Gasteiger charge is -2.30. The molecule has 0 aromatic heterocycles. The summed E-state index contributed by atoms with van der Waals surface area (Å²) in [5.74, 6) is 0.507. The summed E-state index contributed by atoms with van der Waals surface area (Å²) >= 11 is 0. The second-order valence-corrected chi connectivity index (χ2v) is 11.8. The third-order valence-electron chi connectivity index (χ3n) is 6.34. The third-order valence-corrected chi connectivity index (χ3v) is 7.52. The predicted octanol–water partition coefficient (Wildman–Crippen LogP) is 4.05. The molecule has 2 aromatic carbocycles. The van der Waals surface area contributed by atoms with Crippen LogP contribution in [-0.2, 0) is 26.2 Å². The van der Waals surface area contributed by atoms with E-state index in [0.717, 1.165) is 16.7 Å². The first kappa shape index (κ1) is 30.2. The first-order valence-corrected chi connectivity index (χ1v) is 14.4. The van der Waals surface area contributed by atoms with Gasteiger partial charge in [0.2, 0.25) is 21.8 Å². The van der Waals surface area contributed by atoms with Crippen LogP contribution in [0.15, 0.2) is 42.5 Å². The van der Waals surface area contributed by atoms with Crippen LogP contribution in [0, 0.1) is 19.8 Å². The van der Waals surface area contributed by atoms with Gasteiger partial charge in [0.05, 0.1) is 19.1 Å². The van der Waals surface area contributed by atoms with Crippen LogP contribution in [0.5, 0.6) is 5.75 Å². The van der Waals surface area contributed by atoms with Crippen molar-refractivity contribution < 1.29 is 22.7 Å². The van der Waals surface area contributed by atoms with Gasteiger partial charge >= 0.3 is 0 Å². The van der Waals surface area contributed by atoms with E-state index in [0.29, 0.717) is 24.4 Å². The van der Waals surface area contributed by atoms with Gasteiger partial charge < -0.3 is 15.0 Å². The number of amides is 2. The minimum Gasteiger partial charge on any atom is -0.497 e. The summed E-state index contributed by atoms with van der Waals surface area (Å²) in [6.45, 7) is 10.5. The second-order valence-electron chi connectivity index (χ2n) is 9.85. The largest absolute Gasteiger partial charge is 0.497 e. The molecule has 0 fully saturated rings. The number of rotatable bonds is 13. The molecular weight excluding hydrogens is 490 g/mol. The topological polar surface area (TPSA) is 96.0 Å². The Kier molecular flexibility index (Phi) is 11.0. The molecule has 1 N–H and O–H groups in total. The number of sulfonamides is 1. The molecule has 204 valence electrons. The maximum atomic E-state index is 13.4. The van der Waals surface area contributed by atoms with Crippen molar-refractivity contribution in [3.05, 3.63) is 59.2 Å². The number of methoxy groups -OCH3 is 1. The Labute approximate surface area is 222 Å². The lowest BCUT2D eigenvalue weighted by molar-refractivity contribution is -0.140. The van der Waals surface area contributed by atoms with Gasteiger partial charge in [-0.3, -0.25) is 13.9 Å². The number of hydrogen-bond acceptors (Lipinski definition) is 5. The van der Waals surface area contributed by atoms with Crippen LogP contribution < -0.4 is 14.4 Å². The van der Waals surface area contributed by atoms with E-state index >= 15 is 0 Å². The Morgan fingerprint density at radius 1 is 1.05 bits per heavy atom. The number of nitrogens with zero attached hydrogens (tertiary/aromatic N) is 2. The number of anilines is 1. The van der Waals surface area contributed by atoms with E-state index in [9.17, 15) is 18.0 Å². The van der Waals surface area contributed by atoms with Crippen LogP contribution in [0.25, 0.3) is 0 Å². The molecule has 0 aliphatic carbocycles. The zero-order valence-corrected chi connectivity index (χ0v) is 23.9. The van der Waals surface area contributed by atoms with Crippen LogP contribution in [0.2, 0.25) is 0 Å². The fourth-order valence-electron chi connectivity index (χ4n) is 3.99. The second kappa shape index (κ2) is 13.5. The van der Waals surface area contributed by atoms with E-state index in [1.807, 2.05) is 64.1 Å². The number of nitrogens with one attached hydrogen (secondary N) is 1. The normalized spacial score (nSPS) is 12.2. The maximum Gasteiger partial charge on any atom is 0.242 e. The summed E-state index contributed by atoms with van der Waals surface area (Å²) in [6, 6.07) is 12.2. The Balaban J connectivity index is 2.21. The molecule has 0 bridgehead atoms. The summed E-state index contributed by atoms with van der Waals surface area (Å²) in [6.07, 6.45) is 1.59. The highest BCUT2D eigenvalue weighted by molar-refractivity contribution is 7.92. The molecule has 0 aliphatic heterocycles. The smallest absolute Gasteiger partial charge is 0.242 e. The average Bonchev–Trinajstić information content (AvgIpc) is 2.84. The van der Waals surface area contributed by atoms with Gasteiger partial charge in [0, 0.05) is 26.1 Å². The fourth-order valence-corrected chi connectivity index (χ4v) is 5.01. The highest BCUT2D eigenvalue weighted by atomic mass is 32.2. The minimum absolute atomic E-state index is 0.0999. The molecule has 9 heteroatoms. The monoisotopic (exact) mass is 531 g/mol. The summed E-state index contributed by atoms with van der Waals surface area (Å²) in [5, 5.41) is 2.91. The van der Waals surface area contributed by atoms with Gasteiger partial charge in [-0.15, -0.1) is 0 Å². The van der Waals surface area contributed by atoms with Crippen LogP contribution in [-0.4, -0.2) is 57.6 Å². The SMILES string of the molecule is COc1cccc(CN(C(=O)CCCN(c2cccc(C)c2C)S(C)(=O)=O)[C@H](C)C(=O)NCC(C)C)c1. The molecule has 0 radical (unpaired) electrons. The van der Waals surface area contributed by atoms with Crippen molar-refractivity contribution in [3.63, 3.8) is 0 Å². The van der Waals surface area contributed by atoms with Gasteiger partial charge in [0.25, 0.3) is 0 Å². The van der Waals surface area contributed by atoms with Crippen molar-refractivity contribution in [1.29, 1.82) is 0 Å². The van der Waals surface area contributed by atoms with E-state index in [2.05, 4.69) is 5.32 Å². The standard InChI is InChI=1S/C28H41N3O5S/c1-20(2)18-29-28(33)23(5)30(19-24-12-9-13-25(17-24)36-6)27(32)15-10-16-31(37(7,34)35)26-14-8-11-21(3)22(26)4/h8-9,11-14,17,20,23H,10,15-16,18-19H2,1-7H3,(H,29,33)/t23-/m1/s1. The van der Waals surface area contributed by atoms with E-state index in [1.54, 1.807) is 25.0 Å². The zero-order valence-electron chi connectivity index (χ0n) is 23.1. The predicted molar refractivity (Wildman–Crippen MR) is 148 cm³/mol. The van der Waals surface area contributed by atoms with Crippen molar-refractivity contribution >= 4 is 27.5 Å².